The summed E-state index contributed by atoms with van der Waals surface area (Å²) in [5, 5.41) is 6.01. The topological polar surface area (TPSA) is 76.7 Å². The number of hydrogen-bond acceptors (Lipinski definition) is 6. The molecule has 3 heterocycles. The summed E-state index contributed by atoms with van der Waals surface area (Å²) in [6, 6.07) is 12.2. The van der Waals surface area contributed by atoms with Crippen molar-refractivity contribution in [3.8, 4) is 10.4 Å². The normalized spacial score (nSPS) is 10.8. The molecule has 3 N–H and O–H groups in total. The first kappa shape index (κ1) is 16.2. The predicted octanol–water partition coefficient (Wildman–Crippen LogP) is 4.73. The highest BCUT2D eigenvalue weighted by Crippen LogP contribution is 2.30. The number of anilines is 2. The number of aromatic nitrogens is 3. The van der Waals surface area contributed by atoms with Gasteiger partial charge in [0.1, 0.15) is 5.82 Å². The fraction of sp³-hybridized carbons (Fsp3) is 0.0500. The molecule has 3 aromatic heterocycles. The summed E-state index contributed by atoms with van der Waals surface area (Å²) in [6.07, 6.45) is 5.43. The smallest absolute Gasteiger partial charge is 0.180 e. The molecule has 4 aromatic rings. The van der Waals surface area contributed by atoms with Crippen LogP contribution in [0.15, 0.2) is 61.6 Å². The highest BCUT2D eigenvalue weighted by atomic mass is 32.1. The SMILES string of the molecule is C=C(Nc1cc2cc(-c3cnc(N)s3)ccc2cn1)c1ccnc(C)c1. The molecule has 0 amide bonds. The molecule has 1 aromatic carbocycles. The number of fused-ring (bicyclic) bond motifs is 1. The van der Waals surface area contributed by atoms with Gasteiger partial charge in [0.25, 0.3) is 0 Å². The number of rotatable bonds is 4. The summed E-state index contributed by atoms with van der Waals surface area (Å²) in [5.41, 5.74) is 9.57. The molecule has 0 saturated heterocycles. The molecule has 0 aliphatic heterocycles. The minimum Gasteiger partial charge on any atom is -0.375 e. The number of hydrogen-bond donors (Lipinski definition) is 2. The number of pyridine rings is 2. The van der Waals surface area contributed by atoms with Crippen molar-refractivity contribution < 1.29 is 0 Å². The Labute approximate surface area is 155 Å². The molecule has 0 saturated carbocycles. The van der Waals surface area contributed by atoms with Crippen molar-refractivity contribution in [2.75, 3.05) is 11.1 Å². The van der Waals surface area contributed by atoms with Crippen LogP contribution in [0.25, 0.3) is 26.9 Å². The number of benzene rings is 1. The van der Waals surface area contributed by atoms with E-state index < -0.39 is 0 Å². The second-order valence-corrected chi connectivity index (χ2v) is 7.05. The molecule has 0 spiro atoms. The number of nitrogens with two attached hydrogens (primary N) is 1. The molecule has 0 fully saturated rings. The van der Waals surface area contributed by atoms with Crippen LogP contribution in [0.3, 0.4) is 0 Å². The third-order valence-corrected chi connectivity index (χ3v) is 4.93. The minimum atomic E-state index is 0.570. The molecular formula is C20H17N5S. The van der Waals surface area contributed by atoms with Gasteiger partial charge in [-0.05, 0) is 42.1 Å². The number of nitrogens with zero attached hydrogens (tertiary/aromatic N) is 3. The number of nitrogen functional groups attached to an aromatic ring is 1. The Morgan fingerprint density at radius 1 is 1.04 bits per heavy atom. The summed E-state index contributed by atoms with van der Waals surface area (Å²) >= 11 is 1.48. The third kappa shape index (κ3) is 3.27. The highest BCUT2D eigenvalue weighted by Gasteiger charge is 2.06. The predicted molar refractivity (Wildman–Crippen MR) is 109 cm³/mol. The summed E-state index contributed by atoms with van der Waals surface area (Å²) < 4.78 is 0. The first-order chi connectivity index (χ1) is 12.6. The Bertz CT molecular complexity index is 1120. The lowest BCUT2D eigenvalue weighted by Gasteiger charge is -2.10. The van der Waals surface area contributed by atoms with Crippen molar-refractivity contribution in [3.63, 3.8) is 0 Å². The van der Waals surface area contributed by atoms with Crippen LogP contribution in [0.5, 0.6) is 0 Å². The van der Waals surface area contributed by atoms with Gasteiger partial charge in [0, 0.05) is 40.9 Å². The maximum absolute atomic E-state index is 5.75. The van der Waals surface area contributed by atoms with Gasteiger partial charge >= 0.3 is 0 Å². The van der Waals surface area contributed by atoms with Crippen LogP contribution in [-0.4, -0.2) is 15.0 Å². The van der Waals surface area contributed by atoms with Crippen molar-refractivity contribution in [3.05, 3.63) is 72.8 Å². The average Bonchev–Trinajstić information content (AvgIpc) is 3.07. The maximum Gasteiger partial charge on any atom is 0.180 e. The number of thiazole rings is 1. The zero-order valence-electron chi connectivity index (χ0n) is 14.2. The van der Waals surface area contributed by atoms with E-state index in [9.17, 15) is 0 Å². The quantitative estimate of drug-likeness (QED) is 0.551. The molecular weight excluding hydrogens is 342 g/mol. The summed E-state index contributed by atoms with van der Waals surface area (Å²) in [6.45, 7) is 6.07. The van der Waals surface area contributed by atoms with Crippen molar-refractivity contribution >= 4 is 38.8 Å². The monoisotopic (exact) mass is 359 g/mol. The zero-order chi connectivity index (χ0) is 18.1. The van der Waals surface area contributed by atoms with E-state index in [0.29, 0.717) is 5.13 Å². The van der Waals surface area contributed by atoms with Crippen LogP contribution >= 0.6 is 11.3 Å². The van der Waals surface area contributed by atoms with Crippen LogP contribution < -0.4 is 11.1 Å². The van der Waals surface area contributed by atoms with Gasteiger partial charge in [0.15, 0.2) is 5.13 Å². The standard InChI is InChI=1S/C20H17N5S/c1-12-7-14(5-6-22-12)13(2)25-19-9-17-8-15(3-4-16(17)10-23-19)18-11-24-20(21)26-18/h3-11H,2H2,1H3,(H2,21,24)(H,23,25). The van der Waals surface area contributed by atoms with Crippen LogP contribution in [0, 0.1) is 6.92 Å². The zero-order valence-corrected chi connectivity index (χ0v) is 15.0. The van der Waals surface area contributed by atoms with Crippen molar-refractivity contribution in [1.29, 1.82) is 0 Å². The minimum absolute atomic E-state index is 0.570. The Morgan fingerprint density at radius 3 is 2.69 bits per heavy atom. The van der Waals surface area contributed by atoms with E-state index in [1.165, 1.54) is 11.3 Å². The van der Waals surface area contributed by atoms with Gasteiger partial charge < -0.3 is 11.1 Å². The fourth-order valence-corrected chi connectivity index (χ4v) is 3.42. The highest BCUT2D eigenvalue weighted by molar-refractivity contribution is 7.18. The van der Waals surface area contributed by atoms with E-state index in [4.69, 9.17) is 5.73 Å². The molecule has 5 nitrogen and oxygen atoms in total. The largest absolute Gasteiger partial charge is 0.375 e. The molecule has 0 aliphatic rings. The van der Waals surface area contributed by atoms with Gasteiger partial charge in [-0.15, -0.1) is 0 Å². The first-order valence-corrected chi connectivity index (χ1v) is 8.90. The Hall–Kier alpha value is -3.25. The summed E-state index contributed by atoms with van der Waals surface area (Å²) in [7, 11) is 0. The van der Waals surface area contributed by atoms with Crippen molar-refractivity contribution in [2.45, 2.75) is 6.92 Å². The summed E-state index contributed by atoms with van der Waals surface area (Å²) in [4.78, 5) is 13.9. The Morgan fingerprint density at radius 2 is 1.92 bits per heavy atom. The molecule has 4 rings (SSSR count). The molecule has 0 radical (unpaired) electrons. The van der Waals surface area contributed by atoms with E-state index in [1.807, 2.05) is 31.3 Å². The van der Waals surface area contributed by atoms with E-state index in [-0.39, 0.29) is 0 Å². The van der Waals surface area contributed by atoms with Crippen molar-refractivity contribution in [1.82, 2.24) is 15.0 Å². The molecule has 0 aliphatic carbocycles. The third-order valence-electron chi connectivity index (χ3n) is 4.05. The van der Waals surface area contributed by atoms with E-state index in [0.717, 1.165) is 44.0 Å². The Balaban J connectivity index is 1.65. The maximum atomic E-state index is 5.75. The molecule has 26 heavy (non-hydrogen) atoms. The first-order valence-electron chi connectivity index (χ1n) is 8.09. The van der Waals surface area contributed by atoms with E-state index in [1.54, 1.807) is 12.4 Å². The molecule has 0 unspecified atom stereocenters. The number of aryl methyl sites for hydroxylation is 1. The fourth-order valence-electron chi connectivity index (χ4n) is 2.74. The van der Waals surface area contributed by atoms with Crippen LogP contribution in [0.4, 0.5) is 10.9 Å². The molecule has 0 bridgehead atoms. The van der Waals surface area contributed by atoms with Gasteiger partial charge in [0.2, 0.25) is 0 Å². The lowest BCUT2D eigenvalue weighted by molar-refractivity contribution is 1.19. The van der Waals surface area contributed by atoms with Crippen molar-refractivity contribution in [2.24, 2.45) is 0 Å². The summed E-state index contributed by atoms with van der Waals surface area (Å²) in [5.74, 6) is 0.748. The Kier molecular flexibility index (Phi) is 4.10. The lowest BCUT2D eigenvalue weighted by Crippen LogP contribution is -2.00. The van der Waals surface area contributed by atoms with Crippen LogP contribution in [0.2, 0.25) is 0 Å². The molecule has 0 atom stereocenters. The number of nitrogens with one attached hydrogen (secondary N) is 1. The average molecular weight is 359 g/mol. The second-order valence-electron chi connectivity index (χ2n) is 5.98. The van der Waals surface area contributed by atoms with Crippen LogP contribution in [-0.2, 0) is 0 Å². The van der Waals surface area contributed by atoms with Gasteiger partial charge in [-0.2, -0.15) is 0 Å². The van der Waals surface area contributed by atoms with Gasteiger partial charge in [-0.25, -0.2) is 9.97 Å². The van der Waals surface area contributed by atoms with Gasteiger partial charge in [0.05, 0.1) is 4.88 Å². The van der Waals surface area contributed by atoms with Gasteiger partial charge in [-0.3, -0.25) is 4.98 Å². The van der Waals surface area contributed by atoms with E-state index >= 15 is 0 Å². The lowest BCUT2D eigenvalue weighted by atomic mass is 10.1. The van der Waals surface area contributed by atoms with Gasteiger partial charge in [-0.1, -0.05) is 30.0 Å². The second kappa shape index (κ2) is 6.57. The molecule has 6 heteroatoms. The van der Waals surface area contributed by atoms with Crippen LogP contribution in [0.1, 0.15) is 11.3 Å². The molecule has 128 valence electrons. The van der Waals surface area contributed by atoms with E-state index in [2.05, 4.69) is 45.0 Å².